The number of hydrogen-bond acceptors (Lipinski definition) is 3. The highest BCUT2D eigenvalue weighted by Crippen LogP contribution is 2.25. The molecule has 74 valence electrons. The zero-order valence-electron chi connectivity index (χ0n) is 7.84. The van der Waals surface area contributed by atoms with E-state index in [0.29, 0.717) is 12.2 Å². The summed E-state index contributed by atoms with van der Waals surface area (Å²) in [4.78, 5) is 22.3. The first-order chi connectivity index (χ1) is 6.24. The van der Waals surface area contributed by atoms with Gasteiger partial charge in [-0.25, -0.2) is 0 Å². The van der Waals surface area contributed by atoms with Crippen molar-refractivity contribution < 1.29 is 9.59 Å². The summed E-state index contributed by atoms with van der Waals surface area (Å²) in [6.45, 7) is 2.83. The average Bonchev–Trinajstić information content (AvgIpc) is 2.52. The van der Waals surface area contributed by atoms with Gasteiger partial charge in [-0.1, -0.05) is 25.1 Å². The monoisotopic (exact) mass is 201 g/mol. The van der Waals surface area contributed by atoms with Crippen molar-refractivity contribution in [3.05, 3.63) is 0 Å². The zero-order valence-corrected chi connectivity index (χ0v) is 8.65. The molecule has 13 heavy (non-hydrogen) atoms. The van der Waals surface area contributed by atoms with Crippen molar-refractivity contribution in [1.29, 1.82) is 0 Å². The van der Waals surface area contributed by atoms with Crippen LogP contribution in [0.15, 0.2) is 0 Å². The Labute approximate surface area is 82.6 Å². The zero-order chi connectivity index (χ0) is 9.68. The molecule has 0 aromatic rings. The third-order valence-corrected chi connectivity index (χ3v) is 3.12. The topological polar surface area (TPSA) is 46.2 Å². The molecule has 4 heteroatoms. The summed E-state index contributed by atoms with van der Waals surface area (Å²) in [5.41, 5.74) is 0. The lowest BCUT2D eigenvalue weighted by Crippen LogP contribution is -2.31. The van der Waals surface area contributed by atoms with Gasteiger partial charge in [-0.2, -0.15) is 0 Å². The molecule has 0 saturated carbocycles. The lowest BCUT2D eigenvalue weighted by atomic mass is 10.1. The maximum absolute atomic E-state index is 11.4. The van der Waals surface area contributed by atoms with Crippen LogP contribution >= 0.6 is 11.8 Å². The Hall–Kier alpha value is -0.510. The minimum absolute atomic E-state index is 0.0480. The summed E-state index contributed by atoms with van der Waals surface area (Å²) in [7, 11) is 0. The molecule has 1 rings (SSSR count). The van der Waals surface area contributed by atoms with Gasteiger partial charge >= 0.3 is 0 Å². The van der Waals surface area contributed by atoms with Crippen LogP contribution in [0.25, 0.3) is 0 Å². The van der Waals surface area contributed by atoms with Crippen LogP contribution in [-0.4, -0.2) is 23.3 Å². The number of rotatable bonds is 4. The van der Waals surface area contributed by atoms with Crippen molar-refractivity contribution in [2.75, 3.05) is 12.3 Å². The fourth-order valence-corrected chi connectivity index (χ4v) is 2.19. The molecule has 0 spiro atoms. The number of unbranched alkanes of at least 4 members (excludes halogenated alkanes) is 1. The molecule has 1 fully saturated rings. The van der Waals surface area contributed by atoms with Crippen LogP contribution in [0.2, 0.25) is 0 Å². The molecule has 1 N–H and O–H groups in total. The number of thioether (sulfide) groups is 1. The average molecular weight is 201 g/mol. The Morgan fingerprint density at radius 2 is 2.46 bits per heavy atom. The molecule has 1 atom stereocenters. The standard InChI is InChI=1S/C9H15NO2S/c1-2-3-4-10-9(12)7-5-8(11)13-6-7/h7H,2-6H2,1H3,(H,10,12). The van der Waals surface area contributed by atoms with Crippen LogP contribution in [0.3, 0.4) is 0 Å². The summed E-state index contributed by atoms with van der Waals surface area (Å²) >= 11 is 1.27. The van der Waals surface area contributed by atoms with Crippen molar-refractivity contribution in [2.45, 2.75) is 26.2 Å². The van der Waals surface area contributed by atoms with Gasteiger partial charge in [-0.05, 0) is 6.42 Å². The molecule has 0 aromatic carbocycles. The van der Waals surface area contributed by atoms with E-state index in [2.05, 4.69) is 12.2 Å². The Morgan fingerprint density at radius 3 is 3.00 bits per heavy atom. The first-order valence-electron chi connectivity index (χ1n) is 4.67. The predicted molar refractivity (Wildman–Crippen MR) is 53.5 cm³/mol. The molecule has 3 nitrogen and oxygen atoms in total. The van der Waals surface area contributed by atoms with Crippen LogP contribution in [0, 0.1) is 5.92 Å². The molecular weight excluding hydrogens is 186 g/mol. The second-order valence-corrected chi connectivity index (χ2v) is 4.31. The predicted octanol–water partition coefficient (Wildman–Crippen LogP) is 1.18. The lowest BCUT2D eigenvalue weighted by Gasteiger charge is -2.07. The molecule has 0 aliphatic carbocycles. The first-order valence-corrected chi connectivity index (χ1v) is 5.66. The highest BCUT2D eigenvalue weighted by atomic mass is 32.2. The van der Waals surface area contributed by atoms with E-state index in [1.165, 1.54) is 11.8 Å². The van der Waals surface area contributed by atoms with Crippen LogP contribution in [0.1, 0.15) is 26.2 Å². The van der Waals surface area contributed by atoms with Crippen LogP contribution < -0.4 is 5.32 Å². The number of carbonyl (C=O) groups excluding carboxylic acids is 2. The van der Waals surface area contributed by atoms with E-state index in [0.717, 1.165) is 19.4 Å². The van der Waals surface area contributed by atoms with Crippen LogP contribution in [0.5, 0.6) is 0 Å². The quantitative estimate of drug-likeness (QED) is 0.695. The van der Waals surface area contributed by atoms with E-state index in [-0.39, 0.29) is 16.9 Å². The molecule has 0 bridgehead atoms. The van der Waals surface area contributed by atoms with Gasteiger partial charge < -0.3 is 5.32 Å². The van der Waals surface area contributed by atoms with Gasteiger partial charge in [0.15, 0.2) is 5.12 Å². The molecule has 1 heterocycles. The third-order valence-electron chi connectivity index (χ3n) is 2.06. The Balaban J connectivity index is 2.20. The normalized spacial score (nSPS) is 21.9. The first kappa shape index (κ1) is 10.6. The van der Waals surface area contributed by atoms with E-state index in [1.807, 2.05) is 0 Å². The summed E-state index contributed by atoms with van der Waals surface area (Å²) in [6, 6.07) is 0. The molecule has 1 unspecified atom stereocenters. The number of nitrogens with one attached hydrogen (secondary N) is 1. The van der Waals surface area contributed by atoms with E-state index in [4.69, 9.17) is 0 Å². The van der Waals surface area contributed by atoms with E-state index < -0.39 is 0 Å². The van der Waals surface area contributed by atoms with Gasteiger partial charge in [0.05, 0.1) is 5.92 Å². The lowest BCUT2D eigenvalue weighted by molar-refractivity contribution is -0.126. The summed E-state index contributed by atoms with van der Waals surface area (Å²) < 4.78 is 0. The minimum atomic E-state index is -0.0747. The Bertz CT molecular complexity index is 206. The second-order valence-electron chi connectivity index (χ2n) is 3.23. The second kappa shape index (κ2) is 5.27. The fraction of sp³-hybridized carbons (Fsp3) is 0.778. The number of amides is 1. The largest absolute Gasteiger partial charge is 0.356 e. The number of carbonyl (C=O) groups is 2. The highest BCUT2D eigenvalue weighted by molar-refractivity contribution is 8.14. The van der Waals surface area contributed by atoms with Crippen molar-refractivity contribution in [3.8, 4) is 0 Å². The molecule has 1 amide bonds. The summed E-state index contributed by atoms with van der Waals surface area (Å²) in [5.74, 6) is 0.637. The third kappa shape index (κ3) is 3.38. The van der Waals surface area contributed by atoms with Gasteiger partial charge in [0.2, 0.25) is 5.91 Å². The van der Waals surface area contributed by atoms with Crippen molar-refractivity contribution in [1.82, 2.24) is 5.32 Å². The van der Waals surface area contributed by atoms with E-state index in [1.54, 1.807) is 0 Å². The van der Waals surface area contributed by atoms with E-state index in [9.17, 15) is 9.59 Å². The smallest absolute Gasteiger partial charge is 0.224 e. The molecular formula is C9H15NO2S. The van der Waals surface area contributed by atoms with Gasteiger partial charge in [-0.3, -0.25) is 9.59 Å². The Kier molecular flexibility index (Phi) is 4.28. The van der Waals surface area contributed by atoms with E-state index >= 15 is 0 Å². The Morgan fingerprint density at radius 1 is 1.69 bits per heavy atom. The summed E-state index contributed by atoms with van der Waals surface area (Å²) in [5, 5.41) is 2.99. The van der Waals surface area contributed by atoms with Crippen molar-refractivity contribution in [3.63, 3.8) is 0 Å². The van der Waals surface area contributed by atoms with Crippen molar-refractivity contribution >= 4 is 22.8 Å². The van der Waals surface area contributed by atoms with Gasteiger partial charge in [0.1, 0.15) is 0 Å². The van der Waals surface area contributed by atoms with Crippen LogP contribution in [0.4, 0.5) is 0 Å². The minimum Gasteiger partial charge on any atom is -0.356 e. The maximum Gasteiger partial charge on any atom is 0.224 e. The number of hydrogen-bond donors (Lipinski definition) is 1. The molecule has 1 aliphatic heterocycles. The molecule has 0 aromatic heterocycles. The van der Waals surface area contributed by atoms with Crippen molar-refractivity contribution in [2.24, 2.45) is 5.92 Å². The molecule has 1 saturated heterocycles. The van der Waals surface area contributed by atoms with Crippen LogP contribution in [-0.2, 0) is 9.59 Å². The maximum atomic E-state index is 11.4. The summed E-state index contributed by atoms with van der Waals surface area (Å²) in [6.07, 6.45) is 2.51. The fourth-order valence-electron chi connectivity index (χ4n) is 1.21. The molecule has 1 aliphatic rings. The van der Waals surface area contributed by atoms with Gasteiger partial charge in [0, 0.05) is 18.7 Å². The highest BCUT2D eigenvalue weighted by Gasteiger charge is 2.28. The SMILES string of the molecule is CCCCNC(=O)C1CSC(=O)C1. The molecule has 0 radical (unpaired) electrons. The van der Waals surface area contributed by atoms with Gasteiger partial charge in [0.25, 0.3) is 0 Å². The van der Waals surface area contributed by atoms with Gasteiger partial charge in [-0.15, -0.1) is 0 Å².